The molecule has 1 aliphatic rings. The minimum absolute atomic E-state index is 0.583. The fourth-order valence-corrected chi connectivity index (χ4v) is 1.77. The smallest absolute Gasteiger partial charge is 0.222 e. The van der Waals surface area contributed by atoms with Gasteiger partial charge in [-0.05, 0) is 31.4 Å². The molecule has 2 rings (SSSR count). The third-order valence-electron chi connectivity index (χ3n) is 2.78. The average molecular weight is 206 g/mol. The normalized spacial score (nSPS) is 20.5. The van der Waals surface area contributed by atoms with Crippen molar-refractivity contribution in [2.75, 3.05) is 18.4 Å². The molecular weight excluding hydrogens is 188 g/mol. The van der Waals surface area contributed by atoms with Crippen LogP contribution in [0.3, 0.4) is 0 Å². The molecule has 0 radical (unpaired) electrons. The second-order valence-electron chi connectivity index (χ2n) is 3.94. The summed E-state index contributed by atoms with van der Waals surface area (Å²) in [6, 6.07) is 0.583. The Morgan fingerprint density at radius 1 is 1.47 bits per heavy atom. The largest absolute Gasteiger partial charge is 0.353 e. The van der Waals surface area contributed by atoms with E-state index in [9.17, 15) is 0 Å². The van der Waals surface area contributed by atoms with E-state index < -0.39 is 0 Å². The predicted octanol–water partition coefficient (Wildman–Crippen LogP) is 1.20. The monoisotopic (exact) mass is 206 g/mol. The number of hydrogen-bond acceptors (Lipinski definition) is 4. The lowest BCUT2D eigenvalue weighted by atomic mass is 10.2. The molecule has 0 bridgehead atoms. The Morgan fingerprint density at radius 2 is 2.27 bits per heavy atom. The van der Waals surface area contributed by atoms with Crippen LogP contribution in [0.5, 0.6) is 0 Å². The van der Waals surface area contributed by atoms with Crippen LogP contribution in [-0.2, 0) is 6.42 Å². The lowest BCUT2D eigenvalue weighted by molar-refractivity contribution is 0.631. The lowest BCUT2D eigenvalue weighted by Crippen LogP contribution is -2.29. The summed E-state index contributed by atoms with van der Waals surface area (Å²) in [4.78, 5) is 8.52. The van der Waals surface area contributed by atoms with Crippen LogP contribution in [0.15, 0.2) is 12.4 Å². The highest BCUT2D eigenvalue weighted by Crippen LogP contribution is 2.06. The second-order valence-corrected chi connectivity index (χ2v) is 3.94. The summed E-state index contributed by atoms with van der Waals surface area (Å²) in [5.74, 6) is 0.737. The van der Waals surface area contributed by atoms with E-state index in [0.29, 0.717) is 6.04 Å². The van der Waals surface area contributed by atoms with Gasteiger partial charge in [0, 0.05) is 25.0 Å². The first kappa shape index (κ1) is 10.4. The topological polar surface area (TPSA) is 49.8 Å². The van der Waals surface area contributed by atoms with Gasteiger partial charge in [0.05, 0.1) is 0 Å². The van der Waals surface area contributed by atoms with Gasteiger partial charge in [-0.1, -0.05) is 6.92 Å². The average Bonchev–Trinajstić information content (AvgIpc) is 2.80. The summed E-state index contributed by atoms with van der Waals surface area (Å²) in [6.07, 6.45) is 7.29. The molecule has 0 spiro atoms. The molecule has 4 nitrogen and oxygen atoms in total. The molecule has 1 aromatic rings. The molecule has 1 atom stereocenters. The van der Waals surface area contributed by atoms with Gasteiger partial charge >= 0.3 is 0 Å². The number of nitrogens with zero attached hydrogens (tertiary/aromatic N) is 2. The van der Waals surface area contributed by atoms with Crippen LogP contribution >= 0.6 is 0 Å². The van der Waals surface area contributed by atoms with Gasteiger partial charge in [-0.15, -0.1) is 0 Å². The molecule has 1 saturated heterocycles. The number of aryl methyl sites for hydroxylation is 1. The maximum absolute atomic E-state index is 4.26. The fourth-order valence-electron chi connectivity index (χ4n) is 1.77. The van der Waals surface area contributed by atoms with E-state index in [0.717, 1.165) is 25.5 Å². The van der Waals surface area contributed by atoms with Crippen LogP contribution in [0.2, 0.25) is 0 Å². The molecule has 4 heteroatoms. The van der Waals surface area contributed by atoms with Crippen LogP contribution in [0, 0.1) is 0 Å². The first-order valence-electron chi connectivity index (χ1n) is 5.66. The van der Waals surface area contributed by atoms with E-state index in [4.69, 9.17) is 0 Å². The first-order chi connectivity index (χ1) is 7.38. The van der Waals surface area contributed by atoms with E-state index in [1.165, 1.54) is 18.4 Å². The van der Waals surface area contributed by atoms with Crippen molar-refractivity contribution in [1.29, 1.82) is 0 Å². The van der Waals surface area contributed by atoms with Gasteiger partial charge in [0.2, 0.25) is 5.95 Å². The van der Waals surface area contributed by atoms with Gasteiger partial charge in [-0.3, -0.25) is 0 Å². The van der Waals surface area contributed by atoms with Crippen LogP contribution in [0.1, 0.15) is 25.3 Å². The zero-order valence-corrected chi connectivity index (χ0v) is 9.16. The van der Waals surface area contributed by atoms with Crippen LogP contribution in [0.4, 0.5) is 5.95 Å². The van der Waals surface area contributed by atoms with Crippen LogP contribution < -0.4 is 10.6 Å². The summed E-state index contributed by atoms with van der Waals surface area (Å²) in [5.41, 5.74) is 1.18. The van der Waals surface area contributed by atoms with Crippen molar-refractivity contribution in [3.63, 3.8) is 0 Å². The summed E-state index contributed by atoms with van der Waals surface area (Å²) < 4.78 is 0. The minimum atomic E-state index is 0.583. The standard InChI is InChI=1S/C11H18N4/c1-2-9-6-13-11(14-7-9)15-8-10-4-3-5-12-10/h6-7,10,12H,2-5,8H2,1H3,(H,13,14,15)/t10-/m0/s1. The summed E-state index contributed by atoms with van der Waals surface area (Å²) >= 11 is 0. The molecule has 0 aliphatic carbocycles. The molecule has 15 heavy (non-hydrogen) atoms. The predicted molar refractivity (Wildman–Crippen MR) is 60.9 cm³/mol. The van der Waals surface area contributed by atoms with Crippen molar-refractivity contribution in [2.24, 2.45) is 0 Å². The quantitative estimate of drug-likeness (QED) is 0.777. The molecule has 82 valence electrons. The summed E-state index contributed by atoms with van der Waals surface area (Å²) in [7, 11) is 0. The number of nitrogens with one attached hydrogen (secondary N) is 2. The van der Waals surface area contributed by atoms with Gasteiger partial charge in [-0.25, -0.2) is 9.97 Å². The highest BCUT2D eigenvalue weighted by molar-refractivity contribution is 5.25. The SMILES string of the molecule is CCc1cnc(NC[C@@H]2CCCN2)nc1. The van der Waals surface area contributed by atoms with E-state index in [2.05, 4.69) is 27.5 Å². The van der Waals surface area contributed by atoms with E-state index in [-0.39, 0.29) is 0 Å². The molecule has 0 saturated carbocycles. The molecule has 1 aromatic heterocycles. The summed E-state index contributed by atoms with van der Waals surface area (Å²) in [5, 5.41) is 6.68. The first-order valence-corrected chi connectivity index (χ1v) is 5.66. The van der Waals surface area contributed by atoms with Crippen molar-refractivity contribution < 1.29 is 0 Å². The maximum atomic E-state index is 4.26. The molecule has 1 fully saturated rings. The number of hydrogen-bond donors (Lipinski definition) is 2. The van der Waals surface area contributed by atoms with Crippen LogP contribution in [0.25, 0.3) is 0 Å². The molecule has 0 aromatic carbocycles. The van der Waals surface area contributed by atoms with Gasteiger partial charge in [0.1, 0.15) is 0 Å². The number of aromatic nitrogens is 2. The Hall–Kier alpha value is -1.16. The fraction of sp³-hybridized carbons (Fsp3) is 0.636. The molecule has 0 amide bonds. The van der Waals surface area contributed by atoms with Gasteiger partial charge in [-0.2, -0.15) is 0 Å². The minimum Gasteiger partial charge on any atom is -0.353 e. The summed E-state index contributed by atoms with van der Waals surface area (Å²) in [6.45, 7) is 4.17. The Bertz CT molecular complexity index is 290. The van der Waals surface area contributed by atoms with E-state index >= 15 is 0 Å². The molecule has 2 heterocycles. The zero-order chi connectivity index (χ0) is 10.5. The van der Waals surface area contributed by atoms with Crippen molar-refractivity contribution in [3.8, 4) is 0 Å². The second kappa shape index (κ2) is 5.07. The molecule has 0 unspecified atom stereocenters. The molecule has 1 aliphatic heterocycles. The highest BCUT2D eigenvalue weighted by Gasteiger charge is 2.13. The Labute approximate surface area is 90.5 Å². The van der Waals surface area contributed by atoms with Crippen LogP contribution in [-0.4, -0.2) is 29.1 Å². The third-order valence-corrected chi connectivity index (χ3v) is 2.78. The zero-order valence-electron chi connectivity index (χ0n) is 9.16. The third kappa shape index (κ3) is 2.89. The Balaban J connectivity index is 1.82. The van der Waals surface area contributed by atoms with Crippen molar-refractivity contribution in [2.45, 2.75) is 32.2 Å². The van der Waals surface area contributed by atoms with E-state index in [1.807, 2.05) is 12.4 Å². The van der Waals surface area contributed by atoms with E-state index in [1.54, 1.807) is 0 Å². The van der Waals surface area contributed by atoms with Gasteiger partial charge < -0.3 is 10.6 Å². The highest BCUT2D eigenvalue weighted by atomic mass is 15.1. The lowest BCUT2D eigenvalue weighted by Gasteiger charge is -2.11. The molecule has 2 N–H and O–H groups in total. The van der Waals surface area contributed by atoms with Crippen molar-refractivity contribution in [3.05, 3.63) is 18.0 Å². The van der Waals surface area contributed by atoms with Gasteiger partial charge in [0.15, 0.2) is 0 Å². The van der Waals surface area contributed by atoms with Gasteiger partial charge in [0.25, 0.3) is 0 Å². The number of anilines is 1. The van der Waals surface area contributed by atoms with Crippen molar-refractivity contribution in [1.82, 2.24) is 15.3 Å². The maximum Gasteiger partial charge on any atom is 0.222 e. The Morgan fingerprint density at radius 3 is 2.87 bits per heavy atom. The Kier molecular flexibility index (Phi) is 3.50. The van der Waals surface area contributed by atoms with Crippen molar-refractivity contribution >= 4 is 5.95 Å². The number of rotatable bonds is 4. The molecular formula is C11H18N4.